The standard InChI is InChI=1S/C30H50O5/c1-25(2)13-19-18-7-8-21-26(3)11-10-22(33)27(4,16-31)20(26)9-12-28(21,5)29(18,6)14-24(35)30(19,17-32)15-23(25)34/h7,19-24,31-35H,8-17H2,1-6H3. The zero-order valence-corrected chi connectivity index (χ0v) is 22.8. The second-order valence-electron chi connectivity index (χ2n) is 15.1. The molecule has 5 heteroatoms. The third-order valence-corrected chi connectivity index (χ3v) is 13.5. The Morgan fingerprint density at radius 2 is 1.46 bits per heavy atom. The number of aliphatic hydroxyl groups excluding tert-OH is 5. The summed E-state index contributed by atoms with van der Waals surface area (Å²) in [7, 11) is 0. The topological polar surface area (TPSA) is 101 Å². The molecule has 0 aliphatic heterocycles. The van der Waals surface area contributed by atoms with Crippen molar-refractivity contribution >= 4 is 0 Å². The molecule has 0 aromatic rings. The maximum atomic E-state index is 11.7. The van der Waals surface area contributed by atoms with Crippen LogP contribution >= 0.6 is 0 Å². The van der Waals surface area contributed by atoms with Crippen molar-refractivity contribution in [2.75, 3.05) is 13.2 Å². The van der Waals surface area contributed by atoms with Gasteiger partial charge < -0.3 is 25.5 Å². The highest BCUT2D eigenvalue weighted by molar-refractivity contribution is 5.35. The van der Waals surface area contributed by atoms with Crippen LogP contribution in [0.2, 0.25) is 0 Å². The van der Waals surface area contributed by atoms with Gasteiger partial charge in [-0.05, 0) is 90.8 Å². The summed E-state index contributed by atoms with van der Waals surface area (Å²) in [6.07, 6.45) is 7.36. The Labute approximate surface area is 212 Å². The summed E-state index contributed by atoms with van der Waals surface area (Å²) < 4.78 is 0. The van der Waals surface area contributed by atoms with E-state index in [1.54, 1.807) is 0 Å². The molecule has 0 aromatic carbocycles. The summed E-state index contributed by atoms with van der Waals surface area (Å²) in [5.74, 6) is 0.755. The second kappa shape index (κ2) is 7.79. The quantitative estimate of drug-likeness (QED) is 0.376. The molecule has 11 atom stereocenters. The smallest absolute Gasteiger partial charge is 0.0633 e. The summed E-state index contributed by atoms with van der Waals surface area (Å²) in [6, 6.07) is 0. The van der Waals surface area contributed by atoms with Gasteiger partial charge in [0.2, 0.25) is 0 Å². The first-order valence-corrected chi connectivity index (χ1v) is 14.1. The van der Waals surface area contributed by atoms with Gasteiger partial charge in [0.1, 0.15) is 0 Å². The molecule has 0 spiro atoms. The Kier molecular flexibility index (Phi) is 5.82. The lowest BCUT2D eigenvalue weighted by Crippen LogP contribution is -2.68. The molecule has 200 valence electrons. The van der Waals surface area contributed by atoms with Crippen molar-refractivity contribution in [3.63, 3.8) is 0 Å². The lowest BCUT2D eigenvalue weighted by molar-refractivity contribution is -0.232. The van der Waals surface area contributed by atoms with Crippen LogP contribution in [0.1, 0.15) is 92.9 Å². The Bertz CT molecular complexity index is 899. The molecule has 5 nitrogen and oxygen atoms in total. The van der Waals surface area contributed by atoms with Crippen LogP contribution in [0, 0.1) is 50.2 Å². The molecular weight excluding hydrogens is 440 g/mol. The van der Waals surface area contributed by atoms with Gasteiger partial charge in [-0.3, -0.25) is 0 Å². The minimum absolute atomic E-state index is 0.0101. The molecular formula is C30H50O5. The molecule has 4 fully saturated rings. The third-order valence-electron chi connectivity index (χ3n) is 13.5. The molecule has 5 rings (SSSR count). The molecule has 0 aromatic heterocycles. The van der Waals surface area contributed by atoms with Gasteiger partial charge in [-0.2, -0.15) is 0 Å². The van der Waals surface area contributed by atoms with Crippen molar-refractivity contribution in [1.29, 1.82) is 0 Å². The summed E-state index contributed by atoms with van der Waals surface area (Å²) in [4.78, 5) is 0. The molecule has 0 amide bonds. The Hall–Kier alpha value is -0.460. The first kappa shape index (κ1) is 26.2. The van der Waals surface area contributed by atoms with Crippen LogP contribution in [0.3, 0.4) is 0 Å². The van der Waals surface area contributed by atoms with E-state index in [0.29, 0.717) is 18.8 Å². The van der Waals surface area contributed by atoms with Crippen molar-refractivity contribution in [2.24, 2.45) is 50.2 Å². The van der Waals surface area contributed by atoms with Gasteiger partial charge >= 0.3 is 0 Å². The number of allylic oxidation sites excluding steroid dienone is 2. The predicted octanol–water partition coefficient (Wildman–Crippen LogP) is 4.06. The molecule has 5 N–H and O–H groups in total. The Balaban J connectivity index is 1.61. The molecule has 0 radical (unpaired) electrons. The van der Waals surface area contributed by atoms with E-state index in [1.807, 2.05) is 0 Å². The Morgan fingerprint density at radius 1 is 0.771 bits per heavy atom. The van der Waals surface area contributed by atoms with E-state index in [4.69, 9.17) is 0 Å². The van der Waals surface area contributed by atoms with Crippen molar-refractivity contribution in [1.82, 2.24) is 0 Å². The van der Waals surface area contributed by atoms with Crippen LogP contribution < -0.4 is 0 Å². The summed E-state index contributed by atoms with van der Waals surface area (Å²) >= 11 is 0. The van der Waals surface area contributed by atoms with E-state index >= 15 is 0 Å². The van der Waals surface area contributed by atoms with Crippen LogP contribution in [-0.2, 0) is 0 Å². The van der Waals surface area contributed by atoms with Crippen LogP contribution in [-0.4, -0.2) is 57.1 Å². The minimum atomic E-state index is -0.672. The molecule has 11 unspecified atom stereocenters. The van der Waals surface area contributed by atoms with E-state index in [-0.39, 0.29) is 46.7 Å². The third kappa shape index (κ3) is 3.05. The highest BCUT2D eigenvalue weighted by Gasteiger charge is 2.70. The summed E-state index contributed by atoms with van der Waals surface area (Å²) in [5, 5.41) is 54.7. The normalized spacial score (nSPS) is 57.3. The maximum Gasteiger partial charge on any atom is 0.0633 e. The zero-order chi connectivity index (χ0) is 25.8. The number of fused-ring (bicyclic) bond motifs is 7. The van der Waals surface area contributed by atoms with E-state index in [9.17, 15) is 25.5 Å². The summed E-state index contributed by atoms with van der Waals surface area (Å²) in [5.41, 5.74) is -0.159. The molecule has 0 heterocycles. The van der Waals surface area contributed by atoms with Crippen LogP contribution in [0.4, 0.5) is 0 Å². The molecule has 0 saturated heterocycles. The van der Waals surface area contributed by atoms with Crippen LogP contribution in [0.5, 0.6) is 0 Å². The second-order valence-corrected chi connectivity index (χ2v) is 15.1. The van der Waals surface area contributed by atoms with Crippen molar-refractivity contribution in [2.45, 2.75) is 111 Å². The molecule has 4 saturated carbocycles. The van der Waals surface area contributed by atoms with E-state index in [1.165, 1.54) is 5.57 Å². The number of rotatable bonds is 2. The fourth-order valence-electron chi connectivity index (χ4n) is 10.7. The fraction of sp³-hybridized carbons (Fsp3) is 0.933. The van der Waals surface area contributed by atoms with Gasteiger partial charge in [-0.25, -0.2) is 0 Å². The Morgan fingerprint density at radius 3 is 2.09 bits per heavy atom. The van der Waals surface area contributed by atoms with Crippen molar-refractivity contribution in [3.05, 3.63) is 11.6 Å². The predicted molar refractivity (Wildman–Crippen MR) is 136 cm³/mol. The summed E-state index contributed by atoms with van der Waals surface area (Å²) in [6.45, 7) is 13.5. The van der Waals surface area contributed by atoms with Crippen molar-refractivity contribution in [3.8, 4) is 0 Å². The van der Waals surface area contributed by atoms with E-state index < -0.39 is 29.1 Å². The van der Waals surface area contributed by atoms with Crippen LogP contribution in [0.15, 0.2) is 11.6 Å². The lowest BCUT2D eigenvalue weighted by Gasteiger charge is -2.72. The van der Waals surface area contributed by atoms with E-state index in [2.05, 4.69) is 47.6 Å². The SMILES string of the molecule is CC1(C)CC2C3=CCC4C5(C)CCC(O)C(C)(CO)C5CCC4(C)C3(C)CC(O)C2(CO)CC1O. The van der Waals surface area contributed by atoms with Gasteiger partial charge in [-0.1, -0.05) is 53.2 Å². The highest BCUT2D eigenvalue weighted by Crippen LogP contribution is 2.75. The first-order valence-electron chi connectivity index (χ1n) is 14.1. The number of hydrogen-bond acceptors (Lipinski definition) is 5. The number of hydrogen-bond donors (Lipinski definition) is 5. The van der Waals surface area contributed by atoms with Gasteiger partial charge in [-0.15, -0.1) is 0 Å². The number of aliphatic hydroxyl groups is 5. The lowest BCUT2D eigenvalue weighted by atomic mass is 9.33. The minimum Gasteiger partial charge on any atom is -0.396 e. The van der Waals surface area contributed by atoms with Gasteiger partial charge in [0.15, 0.2) is 0 Å². The van der Waals surface area contributed by atoms with E-state index in [0.717, 1.165) is 38.5 Å². The van der Waals surface area contributed by atoms with Crippen LogP contribution in [0.25, 0.3) is 0 Å². The van der Waals surface area contributed by atoms with Gasteiger partial charge in [0, 0.05) is 10.8 Å². The van der Waals surface area contributed by atoms with Crippen molar-refractivity contribution < 1.29 is 25.5 Å². The highest BCUT2D eigenvalue weighted by atomic mass is 16.3. The average Bonchev–Trinajstić information content (AvgIpc) is 2.78. The maximum absolute atomic E-state index is 11.7. The monoisotopic (exact) mass is 490 g/mol. The molecule has 35 heavy (non-hydrogen) atoms. The van der Waals surface area contributed by atoms with Gasteiger partial charge in [0.05, 0.1) is 31.5 Å². The molecule has 5 aliphatic carbocycles. The van der Waals surface area contributed by atoms with Gasteiger partial charge in [0.25, 0.3) is 0 Å². The largest absolute Gasteiger partial charge is 0.396 e. The molecule has 5 aliphatic rings. The first-order chi connectivity index (χ1) is 16.2. The molecule has 0 bridgehead atoms. The average molecular weight is 491 g/mol. The zero-order valence-electron chi connectivity index (χ0n) is 22.8. The fourth-order valence-corrected chi connectivity index (χ4v) is 10.7.